The van der Waals surface area contributed by atoms with Crippen LogP contribution in [0.25, 0.3) is 33.4 Å². The average molecular weight is 619 g/mol. The molecule has 6 rings (SSSR count). The predicted molar refractivity (Wildman–Crippen MR) is 170 cm³/mol. The molecule has 0 amide bonds. The molecule has 0 unspecified atom stereocenters. The number of benzene rings is 6. The zero-order valence-corrected chi connectivity index (χ0v) is 24.8. The Balaban J connectivity index is 1.67. The summed E-state index contributed by atoms with van der Waals surface area (Å²) in [7, 11) is -8.12. The molecule has 44 heavy (non-hydrogen) atoms. The average Bonchev–Trinajstić information content (AvgIpc) is 3.05. The summed E-state index contributed by atoms with van der Waals surface area (Å²) in [5.41, 5.74) is 3.40. The van der Waals surface area contributed by atoms with Crippen molar-refractivity contribution in [3.63, 3.8) is 0 Å². The van der Waals surface area contributed by atoms with Crippen LogP contribution in [0.2, 0.25) is 0 Å². The van der Waals surface area contributed by atoms with E-state index in [0.717, 1.165) is 5.56 Å². The molecule has 0 aliphatic rings. The lowest BCUT2D eigenvalue weighted by Gasteiger charge is -2.20. The molecule has 0 heterocycles. The molecule has 218 valence electrons. The first-order valence-electron chi connectivity index (χ1n) is 13.6. The molecular weight excluding hydrogens is 593 g/mol. The van der Waals surface area contributed by atoms with Crippen molar-refractivity contribution in [2.24, 2.45) is 0 Å². The minimum absolute atomic E-state index is 0.0109. The fourth-order valence-electron chi connectivity index (χ4n) is 5.26. The van der Waals surface area contributed by atoms with Crippen molar-refractivity contribution in [2.45, 2.75) is 19.6 Å². The lowest BCUT2D eigenvalue weighted by Crippen LogP contribution is -2.06. The van der Waals surface area contributed by atoms with Gasteiger partial charge in [-0.2, -0.15) is 0 Å². The van der Waals surface area contributed by atoms with Crippen LogP contribution in [0.15, 0.2) is 165 Å². The van der Waals surface area contributed by atoms with E-state index >= 15 is 0 Å². The zero-order chi connectivity index (χ0) is 30.9. The monoisotopic (exact) mass is 618 g/mol. The van der Waals surface area contributed by atoms with Crippen LogP contribution in [0.3, 0.4) is 0 Å². The molecule has 0 saturated carbocycles. The van der Waals surface area contributed by atoms with Gasteiger partial charge in [0.25, 0.3) is 0 Å². The van der Waals surface area contributed by atoms with Gasteiger partial charge in [-0.05, 0) is 82.9 Å². The SMILES string of the molecule is O=S(=O)(c1ccc(O)cc1)c1ccccc1-c1cccc(-c2ccccc2)c1-c1ccccc1S(=O)(=O)c1ccc(O)cc1. The van der Waals surface area contributed by atoms with Crippen molar-refractivity contribution in [1.29, 1.82) is 0 Å². The highest BCUT2D eigenvalue weighted by molar-refractivity contribution is 7.92. The zero-order valence-electron chi connectivity index (χ0n) is 23.2. The minimum atomic E-state index is -4.07. The Morgan fingerprint density at radius 1 is 0.364 bits per heavy atom. The first kappa shape index (κ1) is 28.9. The van der Waals surface area contributed by atoms with Gasteiger partial charge in [-0.25, -0.2) is 16.8 Å². The normalized spacial score (nSPS) is 11.7. The van der Waals surface area contributed by atoms with Crippen LogP contribution >= 0.6 is 0 Å². The maximum Gasteiger partial charge on any atom is 0.207 e. The Hall–Kier alpha value is -5.18. The van der Waals surface area contributed by atoms with E-state index in [9.17, 15) is 27.0 Å². The van der Waals surface area contributed by atoms with Gasteiger partial charge in [0.05, 0.1) is 19.6 Å². The number of phenols is 2. The number of sulfone groups is 2. The molecule has 0 bridgehead atoms. The van der Waals surface area contributed by atoms with Crippen molar-refractivity contribution in [2.75, 3.05) is 0 Å². The largest absolute Gasteiger partial charge is 0.508 e. The van der Waals surface area contributed by atoms with E-state index in [1.54, 1.807) is 42.5 Å². The topological polar surface area (TPSA) is 109 Å². The fourth-order valence-corrected chi connectivity index (χ4v) is 8.20. The van der Waals surface area contributed by atoms with Crippen LogP contribution in [0.4, 0.5) is 0 Å². The van der Waals surface area contributed by atoms with E-state index in [4.69, 9.17) is 0 Å². The molecule has 8 heteroatoms. The van der Waals surface area contributed by atoms with Crippen molar-refractivity contribution in [1.82, 2.24) is 0 Å². The van der Waals surface area contributed by atoms with Gasteiger partial charge in [-0.3, -0.25) is 0 Å². The molecular formula is C36H26O6S2. The van der Waals surface area contributed by atoms with Crippen molar-refractivity contribution in [3.8, 4) is 44.9 Å². The van der Waals surface area contributed by atoms with Crippen LogP contribution < -0.4 is 0 Å². The van der Waals surface area contributed by atoms with Gasteiger partial charge in [-0.15, -0.1) is 0 Å². The number of hydrogen-bond donors (Lipinski definition) is 2. The van der Waals surface area contributed by atoms with Gasteiger partial charge in [0.1, 0.15) is 11.5 Å². The summed E-state index contributed by atoms with van der Waals surface area (Å²) in [6, 6.07) is 38.9. The van der Waals surface area contributed by atoms with Gasteiger partial charge in [0, 0.05) is 11.1 Å². The third kappa shape index (κ3) is 5.25. The quantitative estimate of drug-likeness (QED) is 0.189. The van der Waals surface area contributed by atoms with E-state index in [-0.39, 0.29) is 31.1 Å². The maximum atomic E-state index is 14.1. The van der Waals surface area contributed by atoms with Gasteiger partial charge in [0.2, 0.25) is 19.7 Å². The van der Waals surface area contributed by atoms with Crippen molar-refractivity contribution < 1.29 is 27.0 Å². The Morgan fingerprint density at radius 3 is 1.32 bits per heavy atom. The van der Waals surface area contributed by atoms with Gasteiger partial charge in [0.15, 0.2) is 0 Å². The molecule has 0 aromatic heterocycles. The van der Waals surface area contributed by atoms with Gasteiger partial charge in [-0.1, -0.05) is 84.9 Å². The minimum Gasteiger partial charge on any atom is -0.508 e. The Kier molecular flexibility index (Phi) is 7.55. The summed E-state index contributed by atoms with van der Waals surface area (Å²) in [6.07, 6.45) is 0. The summed E-state index contributed by atoms with van der Waals surface area (Å²) in [5.74, 6) is -0.109. The third-order valence-electron chi connectivity index (χ3n) is 7.36. The van der Waals surface area contributed by atoms with Crippen LogP contribution in [0.5, 0.6) is 11.5 Å². The van der Waals surface area contributed by atoms with E-state index in [1.807, 2.05) is 42.5 Å². The van der Waals surface area contributed by atoms with E-state index in [2.05, 4.69) is 0 Å². The van der Waals surface area contributed by atoms with E-state index in [0.29, 0.717) is 27.8 Å². The van der Waals surface area contributed by atoms with Crippen molar-refractivity contribution in [3.05, 3.63) is 146 Å². The highest BCUT2D eigenvalue weighted by Crippen LogP contribution is 2.45. The van der Waals surface area contributed by atoms with Crippen LogP contribution in [-0.4, -0.2) is 27.0 Å². The molecule has 0 atom stereocenters. The fraction of sp³-hybridized carbons (Fsp3) is 0. The standard InChI is InChI=1S/C36H26O6S2/c37-26-17-21-28(22-18-26)43(39,40)34-15-6-4-11-31(34)32-14-8-13-30(25-9-2-1-3-10-25)36(32)33-12-5-7-16-35(33)44(41,42)29-23-19-27(38)20-24-29/h1-24,37-38H. The van der Waals surface area contributed by atoms with Gasteiger partial charge < -0.3 is 10.2 Å². The molecule has 6 aromatic rings. The maximum absolute atomic E-state index is 14.1. The Labute approximate surface area is 256 Å². The highest BCUT2D eigenvalue weighted by Gasteiger charge is 2.28. The van der Waals surface area contributed by atoms with E-state index in [1.165, 1.54) is 60.7 Å². The lowest BCUT2D eigenvalue weighted by atomic mass is 9.87. The summed E-state index contributed by atoms with van der Waals surface area (Å²) >= 11 is 0. The highest BCUT2D eigenvalue weighted by atomic mass is 32.2. The summed E-state index contributed by atoms with van der Waals surface area (Å²) in [4.78, 5) is 0.0980. The Morgan fingerprint density at radius 2 is 0.773 bits per heavy atom. The Bertz CT molecular complexity index is 2190. The second-order valence-corrected chi connectivity index (χ2v) is 13.9. The van der Waals surface area contributed by atoms with Crippen molar-refractivity contribution >= 4 is 19.7 Å². The molecule has 0 radical (unpaired) electrons. The molecule has 0 aliphatic carbocycles. The molecule has 0 aliphatic heterocycles. The van der Waals surface area contributed by atoms with Crippen LogP contribution in [0, 0.1) is 0 Å². The lowest BCUT2D eigenvalue weighted by molar-refractivity contribution is 0.474. The van der Waals surface area contributed by atoms with Crippen LogP contribution in [-0.2, 0) is 19.7 Å². The molecule has 6 nitrogen and oxygen atoms in total. The van der Waals surface area contributed by atoms with Crippen LogP contribution in [0.1, 0.15) is 0 Å². The van der Waals surface area contributed by atoms with Gasteiger partial charge >= 0.3 is 0 Å². The molecule has 0 fully saturated rings. The number of hydrogen-bond acceptors (Lipinski definition) is 6. The predicted octanol–water partition coefficient (Wildman–Crippen LogP) is 7.76. The third-order valence-corrected chi connectivity index (χ3v) is 11.0. The second-order valence-electron chi connectivity index (χ2n) is 10.1. The van der Waals surface area contributed by atoms with E-state index < -0.39 is 19.7 Å². The first-order valence-corrected chi connectivity index (χ1v) is 16.6. The second kappa shape index (κ2) is 11.5. The molecule has 2 N–H and O–H groups in total. The number of rotatable bonds is 7. The summed E-state index contributed by atoms with van der Waals surface area (Å²) in [5, 5.41) is 19.5. The molecule has 6 aromatic carbocycles. The molecule has 0 spiro atoms. The number of aromatic hydroxyl groups is 2. The smallest absolute Gasteiger partial charge is 0.207 e. The number of phenolic OH excluding ortho intramolecular Hbond substituents is 2. The molecule has 0 saturated heterocycles. The summed E-state index contributed by atoms with van der Waals surface area (Å²) in [6.45, 7) is 0. The summed E-state index contributed by atoms with van der Waals surface area (Å²) < 4.78 is 56.1. The first-order chi connectivity index (χ1) is 21.2.